The summed E-state index contributed by atoms with van der Waals surface area (Å²) in [7, 11) is 0. The summed E-state index contributed by atoms with van der Waals surface area (Å²) in [6, 6.07) is 17.4. The summed E-state index contributed by atoms with van der Waals surface area (Å²) < 4.78 is 31.7. The number of ether oxygens (including phenoxy) is 1. The summed E-state index contributed by atoms with van der Waals surface area (Å²) >= 11 is 0. The van der Waals surface area contributed by atoms with Gasteiger partial charge in [0.1, 0.15) is 29.5 Å². The number of aromatic nitrogens is 2. The van der Waals surface area contributed by atoms with Gasteiger partial charge in [-0.3, -0.25) is 9.80 Å². The summed E-state index contributed by atoms with van der Waals surface area (Å²) in [5.41, 5.74) is 7.99. The molecular weight excluding hydrogens is 486 g/mol. The molecule has 3 aromatic rings. The molecule has 2 fully saturated rings. The zero-order valence-electron chi connectivity index (χ0n) is 21.4. The molecular formula is C29H34F2N6O. The minimum absolute atomic E-state index is 0.122. The van der Waals surface area contributed by atoms with E-state index in [2.05, 4.69) is 26.3 Å². The molecule has 3 heterocycles. The van der Waals surface area contributed by atoms with E-state index in [1.165, 1.54) is 6.33 Å². The molecule has 1 aromatic heterocycles. The van der Waals surface area contributed by atoms with Crippen LogP contribution in [0.1, 0.15) is 12.8 Å². The maximum Gasteiger partial charge on any atom is 0.272 e. The molecule has 38 heavy (non-hydrogen) atoms. The SMILES string of the molecule is Nc1ncnc(NCC2CCN(C/C=C/CN3CC(F)(F)C3)CC2)c1-c1ccc(Oc2ccccc2)cc1. The first-order chi connectivity index (χ1) is 18.4. The number of alkyl halides is 2. The van der Waals surface area contributed by atoms with Gasteiger partial charge in [0, 0.05) is 19.6 Å². The summed E-state index contributed by atoms with van der Waals surface area (Å²) in [5.74, 6) is 0.729. The van der Waals surface area contributed by atoms with Crippen molar-refractivity contribution >= 4 is 11.6 Å². The monoisotopic (exact) mass is 520 g/mol. The fourth-order valence-electron chi connectivity index (χ4n) is 4.93. The first-order valence-electron chi connectivity index (χ1n) is 13.1. The van der Waals surface area contributed by atoms with Gasteiger partial charge in [-0.05, 0) is 61.7 Å². The van der Waals surface area contributed by atoms with Gasteiger partial charge in [-0.2, -0.15) is 0 Å². The number of nitrogen functional groups attached to an aromatic ring is 1. The molecule has 2 aromatic carbocycles. The predicted octanol–water partition coefficient (Wildman–Crippen LogP) is 5.15. The van der Waals surface area contributed by atoms with Crippen LogP contribution in [0, 0.1) is 5.92 Å². The van der Waals surface area contributed by atoms with Crippen LogP contribution in [-0.2, 0) is 0 Å². The molecule has 2 saturated heterocycles. The molecule has 2 aliphatic heterocycles. The Morgan fingerprint density at radius 2 is 1.58 bits per heavy atom. The Morgan fingerprint density at radius 1 is 0.921 bits per heavy atom. The Hall–Kier alpha value is -3.56. The minimum Gasteiger partial charge on any atom is -0.457 e. The predicted molar refractivity (Wildman–Crippen MR) is 147 cm³/mol. The van der Waals surface area contributed by atoms with Gasteiger partial charge in [-0.1, -0.05) is 42.5 Å². The molecule has 200 valence electrons. The van der Waals surface area contributed by atoms with Gasteiger partial charge < -0.3 is 15.8 Å². The minimum atomic E-state index is -2.50. The number of halogens is 2. The van der Waals surface area contributed by atoms with Crippen LogP contribution in [0.2, 0.25) is 0 Å². The fraction of sp³-hybridized carbons (Fsp3) is 0.379. The number of hydrogen-bond donors (Lipinski definition) is 2. The average Bonchev–Trinajstić information content (AvgIpc) is 2.91. The van der Waals surface area contributed by atoms with E-state index in [9.17, 15) is 8.78 Å². The van der Waals surface area contributed by atoms with Crippen LogP contribution in [0.5, 0.6) is 11.5 Å². The van der Waals surface area contributed by atoms with Crippen LogP contribution in [0.3, 0.4) is 0 Å². The van der Waals surface area contributed by atoms with Crippen LogP contribution < -0.4 is 15.8 Å². The van der Waals surface area contributed by atoms with Crippen molar-refractivity contribution in [3.05, 3.63) is 73.1 Å². The smallest absolute Gasteiger partial charge is 0.272 e. The molecule has 0 radical (unpaired) electrons. The Labute approximate surface area is 222 Å². The van der Waals surface area contributed by atoms with Crippen molar-refractivity contribution in [3.63, 3.8) is 0 Å². The second-order valence-electron chi connectivity index (χ2n) is 10.0. The zero-order valence-corrected chi connectivity index (χ0v) is 21.4. The second kappa shape index (κ2) is 11.9. The Bertz CT molecular complexity index is 1210. The Morgan fingerprint density at radius 3 is 2.26 bits per heavy atom. The number of benzene rings is 2. The zero-order chi connectivity index (χ0) is 26.4. The van der Waals surface area contributed by atoms with Crippen molar-refractivity contribution in [1.82, 2.24) is 19.8 Å². The van der Waals surface area contributed by atoms with Crippen LogP contribution in [0.15, 0.2) is 73.1 Å². The number of hydrogen-bond acceptors (Lipinski definition) is 7. The molecule has 0 spiro atoms. The fourth-order valence-corrected chi connectivity index (χ4v) is 4.93. The van der Waals surface area contributed by atoms with E-state index in [-0.39, 0.29) is 13.1 Å². The van der Waals surface area contributed by atoms with Gasteiger partial charge in [-0.15, -0.1) is 0 Å². The highest BCUT2D eigenvalue weighted by atomic mass is 19.3. The van der Waals surface area contributed by atoms with E-state index in [1.807, 2.05) is 60.7 Å². The van der Waals surface area contributed by atoms with Crippen LogP contribution in [-0.4, -0.2) is 71.5 Å². The third-order valence-corrected chi connectivity index (χ3v) is 7.07. The molecule has 3 N–H and O–H groups in total. The van der Waals surface area contributed by atoms with Crippen LogP contribution >= 0.6 is 0 Å². The number of rotatable bonds is 10. The molecule has 7 nitrogen and oxygen atoms in total. The topological polar surface area (TPSA) is 79.5 Å². The molecule has 0 saturated carbocycles. The van der Waals surface area contributed by atoms with Gasteiger partial charge in [0.2, 0.25) is 0 Å². The first-order valence-corrected chi connectivity index (χ1v) is 13.1. The van der Waals surface area contributed by atoms with Crippen molar-refractivity contribution in [2.24, 2.45) is 5.92 Å². The summed E-state index contributed by atoms with van der Waals surface area (Å²) in [6.07, 6.45) is 7.76. The van der Waals surface area contributed by atoms with Crippen LogP contribution in [0.25, 0.3) is 11.1 Å². The number of piperidine rings is 1. The van der Waals surface area contributed by atoms with Crippen molar-refractivity contribution in [1.29, 1.82) is 0 Å². The molecule has 0 amide bonds. The highest BCUT2D eigenvalue weighted by molar-refractivity contribution is 5.83. The van der Waals surface area contributed by atoms with E-state index >= 15 is 0 Å². The van der Waals surface area contributed by atoms with E-state index < -0.39 is 5.92 Å². The van der Waals surface area contributed by atoms with E-state index in [1.54, 1.807) is 4.90 Å². The van der Waals surface area contributed by atoms with Crippen molar-refractivity contribution in [2.75, 3.05) is 56.9 Å². The van der Waals surface area contributed by atoms with Crippen molar-refractivity contribution in [3.8, 4) is 22.6 Å². The molecule has 0 atom stereocenters. The highest BCUT2D eigenvalue weighted by Gasteiger charge is 2.42. The lowest BCUT2D eigenvalue weighted by Crippen LogP contribution is -2.55. The van der Waals surface area contributed by atoms with Gasteiger partial charge >= 0.3 is 0 Å². The maximum atomic E-state index is 12.9. The number of nitrogens with two attached hydrogens (primary N) is 1. The molecule has 5 rings (SSSR count). The lowest BCUT2D eigenvalue weighted by molar-refractivity contribution is -0.125. The summed E-state index contributed by atoms with van der Waals surface area (Å²) in [6.45, 7) is 4.06. The van der Waals surface area contributed by atoms with Crippen molar-refractivity contribution < 1.29 is 13.5 Å². The molecule has 0 bridgehead atoms. The van der Waals surface area contributed by atoms with E-state index in [0.29, 0.717) is 18.3 Å². The average molecular weight is 521 g/mol. The number of anilines is 2. The third kappa shape index (κ3) is 6.85. The van der Waals surface area contributed by atoms with Gasteiger partial charge in [0.15, 0.2) is 0 Å². The van der Waals surface area contributed by atoms with Gasteiger partial charge in [-0.25, -0.2) is 18.7 Å². The Kier molecular flexibility index (Phi) is 8.14. The van der Waals surface area contributed by atoms with E-state index in [0.717, 1.165) is 67.5 Å². The first kappa shape index (κ1) is 26.1. The number of nitrogens with one attached hydrogen (secondary N) is 1. The second-order valence-corrected chi connectivity index (χ2v) is 10.0. The largest absolute Gasteiger partial charge is 0.457 e. The van der Waals surface area contributed by atoms with E-state index in [4.69, 9.17) is 10.5 Å². The standard InChI is InChI=1S/C29H34F2N6O/c30-29(31)19-37(20-29)15-5-4-14-36-16-12-22(13-17-36)18-33-28-26(27(32)34-21-35-28)23-8-10-25(11-9-23)38-24-6-2-1-3-7-24/h1-11,21-22H,12-20H2,(H3,32,33,34,35)/b5-4+. The van der Waals surface area contributed by atoms with Crippen molar-refractivity contribution in [2.45, 2.75) is 18.8 Å². The quantitative estimate of drug-likeness (QED) is 0.358. The number of para-hydroxylation sites is 1. The molecule has 9 heteroatoms. The normalized spacial score (nSPS) is 18.4. The lowest BCUT2D eigenvalue weighted by atomic mass is 9.96. The summed E-state index contributed by atoms with van der Waals surface area (Å²) in [5, 5.41) is 3.51. The lowest BCUT2D eigenvalue weighted by Gasteiger charge is -2.38. The molecule has 2 aliphatic rings. The number of likely N-dealkylation sites (tertiary alicyclic amines) is 2. The van der Waals surface area contributed by atoms with Gasteiger partial charge in [0.25, 0.3) is 5.92 Å². The third-order valence-electron chi connectivity index (χ3n) is 7.07. The number of nitrogens with zero attached hydrogens (tertiary/aromatic N) is 4. The maximum absolute atomic E-state index is 12.9. The highest BCUT2D eigenvalue weighted by Crippen LogP contribution is 2.33. The van der Waals surface area contributed by atoms with Gasteiger partial charge in [0.05, 0.1) is 18.7 Å². The molecule has 0 aliphatic carbocycles. The summed E-state index contributed by atoms with van der Waals surface area (Å²) in [4.78, 5) is 12.9. The Balaban J connectivity index is 1.10. The van der Waals surface area contributed by atoms with Crippen LogP contribution in [0.4, 0.5) is 20.4 Å². The molecule has 0 unspecified atom stereocenters.